The maximum atomic E-state index is 13.3. The molecule has 1 saturated carbocycles. The van der Waals surface area contributed by atoms with Crippen LogP contribution >= 0.6 is 0 Å². The van der Waals surface area contributed by atoms with Crippen LogP contribution in [0.25, 0.3) is 12.2 Å². The van der Waals surface area contributed by atoms with Crippen molar-refractivity contribution in [1.82, 2.24) is 0 Å². The lowest BCUT2D eigenvalue weighted by Crippen LogP contribution is -2.32. The molecule has 0 atom stereocenters. The van der Waals surface area contributed by atoms with E-state index in [4.69, 9.17) is 14.2 Å². The number of ether oxygens (including phenoxy) is 3. The van der Waals surface area contributed by atoms with Crippen molar-refractivity contribution < 1.29 is 23.8 Å². The normalized spacial score (nSPS) is 16.1. The monoisotopic (exact) mass is 447 g/mol. The molecule has 0 spiro atoms. The Morgan fingerprint density at radius 2 is 2.00 bits per heavy atom. The number of hydrogen-bond donors (Lipinski definition) is 0. The van der Waals surface area contributed by atoms with Crippen LogP contribution in [0.3, 0.4) is 0 Å². The number of carbonyl (C=O) groups excluding carboxylic acids is 2. The predicted molar refractivity (Wildman–Crippen MR) is 128 cm³/mol. The number of benzene rings is 2. The van der Waals surface area contributed by atoms with Crippen LogP contribution in [0.2, 0.25) is 0 Å². The van der Waals surface area contributed by atoms with Gasteiger partial charge in [-0.1, -0.05) is 30.3 Å². The first-order valence-electron chi connectivity index (χ1n) is 11.1. The van der Waals surface area contributed by atoms with E-state index in [9.17, 15) is 9.59 Å². The Labute approximate surface area is 194 Å². The molecule has 0 unspecified atom stereocenters. The lowest BCUT2D eigenvalue weighted by molar-refractivity contribution is -0.135. The van der Waals surface area contributed by atoms with Gasteiger partial charge in [0.2, 0.25) is 5.91 Å². The van der Waals surface area contributed by atoms with E-state index in [2.05, 4.69) is 0 Å². The average molecular weight is 448 g/mol. The highest BCUT2D eigenvalue weighted by Gasteiger charge is 2.35. The first kappa shape index (κ1) is 22.6. The Bertz CT molecular complexity index is 1130. The number of nitrogens with zero attached hydrogens (tertiary/aromatic N) is 1. The molecule has 0 bridgehead atoms. The zero-order valence-electron chi connectivity index (χ0n) is 19.5. The third-order valence-corrected chi connectivity index (χ3v) is 5.66. The van der Waals surface area contributed by atoms with E-state index < -0.39 is 5.60 Å². The van der Waals surface area contributed by atoms with Gasteiger partial charge in [0.15, 0.2) is 11.5 Å². The van der Waals surface area contributed by atoms with Gasteiger partial charge >= 0.3 is 5.97 Å². The van der Waals surface area contributed by atoms with Crippen LogP contribution < -0.4 is 14.4 Å². The quantitative estimate of drug-likeness (QED) is 0.423. The fraction of sp³-hybridized carbons (Fsp3) is 0.333. The van der Waals surface area contributed by atoms with Gasteiger partial charge in [-0.3, -0.25) is 9.59 Å². The fourth-order valence-corrected chi connectivity index (χ4v) is 3.81. The number of rotatable bonds is 7. The Balaban J connectivity index is 1.68. The number of anilines is 1. The molecular formula is C27H29NO5. The van der Waals surface area contributed by atoms with E-state index >= 15 is 0 Å². The Morgan fingerprint density at radius 3 is 2.70 bits per heavy atom. The summed E-state index contributed by atoms with van der Waals surface area (Å²) in [7, 11) is 1.63. The highest BCUT2D eigenvalue weighted by molar-refractivity contribution is 5.96. The molecule has 4 rings (SSSR count). The third-order valence-electron chi connectivity index (χ3n) is 5.66. The van der Waals surface area contributed by atoms with Gasteiger partial charge < -0.3 is 19.1 Å². The van der Waals surface area contributed by atoms with E-state index in [-0.39, 0.29) is 17.8 Å². The summed E-state index contributed by atoms with van der Waals surface area (Å²) in [6.07, 6.45) is 8.93. The Kier molecular flexibility index (Phi) is 6.27. The van der Waals surface area contributed by atoms with E-state index in [1.54, 1.807) is 18.1 Å². The van der Waals surface area contributed by atoms with Gasteiger partial charge in [-0.25, -0.2) is 0 Å². The topological polar surface area (TPSA) is 65.1 Å². The van der Waals surface area contributed by atoms with E-state index in [1.165, 1.54) is 13.2 Å². The van der Waals surface area contributed by atoms with Crippen molar-refractivity contribution in [1.29, 1.82) is 0 Å². The largest absolute Gasteiger partial charge is 0.492 e. The highest BCUT2D eigenvalue weighted by Crippen LogP contribution is 2.42. The van der Waals surface area contributed by atoms with Gasteiger partial charge in [-0.05, 0) is 56.5 Å². The van der Waals surface area contributed by atoms with Crippen molar-refractivity contribution in [3.63, 3.8) is 0 Å². The summed E-state index contributed by atoms with van der Waals surface area (Å²) < 4.78 is 16.9. The van der Waals surface area contributed by atoms with Crippen LogP contribution in [-0.2, 0) is 20.9 Å². The third kappa shape index (κ3) is 5.28. The second-order valence-corrected chi connectivity index (χ2v) is 8.92. The highest BCUT2D eigenvalue weighted by atomic mass is 16.5. The number of fused-ring (bicyclic) bond motifs is 1. The number of esters is 1. The molecule has 1 amide bonds. The Morgan fingerprint density at radius 1 is 1.21 bits per heavy atom. The second kappa shape index (κ2) is 9.14. The predicted octanol–water partition coefficient (Wildman–Crippen LogP) is 5.36. The Hall–Kier alpha value is -3.54. The number of hydrogen-bond acceptors (Lipinski definition) is 5. The van der Waals surface area contributed by atoms with Gasteiger partial charge in [-0.2, -0.15) is 0 Å². The molecule has 0 radical (unpaired) electrons. The summed E-state index contributed by atoms with van der Waals surface area (Å²) in [6.45, 7) is 5.70. The molecule has 1 fully saturated rings. The first-order chi connectivity index (χ1) is 15.8. The van der Waals surface area contributed by atoms with Gasteiger partial charge in [-0.15, -0.1) is 0 Å². The summed E-state index contributed by atoms with van der Waals surface area (Å²) in [6, 6.07) is 11.6. The zero-order chi connectivity index (χ0) is 23.6. The van der Waals surface area contributed by atoms with Crippen LogP contribution in [0.5, 0.6) is 11.5 Å². The molecule has 33 heavy (non-hydrogen) atoms. The molecule has 2 aromatic carbocycles. The minimum Gasteiger partial charge on any atom is -0.492 e. The molecular weight excluding hydrogens is 418 g/mol. The minimum absolute atomic E-state index is 0.0481. The smallest absolute Gasteiger partial charge is 0.307 e. The number of methoxy groups -OCH3 is 1. The molecule has 1 aliphatic heterocycles. The van der Waals surface area contributed by atoms with Crippen molar-refractivity contribution in [2.24, 2.45) is 5.92 Å². The van der Waals surface area contributed by atoms with Gasteiger partial charge in [0.05, 0.1) is 19.9 Å². The van der Waals surface area contributed by atoms with Crippen LogP contribution in [0.15, 0.2) is 48.7 Å². The molecule has 172 valence electrons. The maximum Gasteiger partial charge on any atom is 0.307 e. The van der Waals surface area contributed by atoms with Crippen LogP contribution in [0, 0.1) is 5.92 Å². The molecule has 6 heteroatoms. The SMILES string of the molecule is COc1c(CN(C(=O)C2CC2)c2cccc(/C=C/OC(C)=O)c2)ccc2c1OC(C)(C)C=C2. The van der Waals surface area contributed by atoms with Crippen molar-refractivity contribution >= 4 is 29.7 Å². The molecule has 2 aliphatic rings. The molecule has 1 heterocycles. The summed E-state index contributed by atoms with van der Waals surface area (Å²) in [4.78, 5) is 26.1. The lowest BCUT2D eigenvalue weighted by Gasteiger charge is -2.31. The summed E-state index contributed by atoms with van der Waals surface area (Å²) in [5, 5.41) is 0. The second-order valence-electron chi connectivity index (χ2n) is 8.92. The number of carbonyl (C=O) groups is 2. The standard InChI is InChI=1S/C27H29NO5/c1-18(29)32-15-13-19-6-5-7-23(16-19)28(26(30)21-9-10-21)17-22-11-8-20-12-14-27(2,3)33-25(20)24(22)31-4/h5-8,11-16,21H,9-10,17H2,1-4H3/b15-13+. The van der Waals surface area contributed by atoms with Gasteiger partial charge in [0.25, 0.3) is 0 Å². The summed E-state index contributed by atoms with van der Waals surface area (Å²) in [5.74, 6) is 1.10. The van der Waals surface area contributed by atoms with Gasteiger partial charge in [0, 0.05) is 29.7 Å². The molecule has 0 saturated heterocycles. The average Bonchev–Trinajstić information content (AvgIpc) is 3.61. The van der Waals surface area contributed by atoms with Crippen molar-refractivity contribution in [3.8, 4) is 11.5 Å². The van der Waals surface area contributed by atoms with E-state index in [1.807, 2.05) is 62.4 Å². The zero-order valence-corrected chi connectivity index (χ0v) is 19.5. The lowest BCUT2D eigenvalue weighted by atomic mass is 9.99. The maximum absolute atomic E-state index is 13.3. The summed E-state index contributed by atoms with van der Waals surface area (Å²) in [5.41, 5.74) is 2.99. The fourth-order valence-electron chi connectivity index (χ4n) is 3.81. The molecule has 1 aliphatic carbocycles. The van der Waals surface area contributed by atoms with E-state index in [0.29, 0.717) is 18.0 Å². The van der Waals surface area contributed by atoms with E-state index in [0.717, 1.165) is 35.2 Å². The van der Waals surface area contributed by atoms with Crippen molar-refractivity contribution in [2.75, 3.05) is 12.0 Å². The molecule has 2 aromatic rings. The van der Waals surface area contributed by atoms with Gasteiger partial charge in [0.1, 0.15) is 5.60 Å². The van der Waals surface area contributed by atoms with Crippen LogP contribution in [0.1, 0.15) is 50.3 Å². The van der Waals surface area contributed by atoms with Crippen LogP contribution in [0.4, 0.5) is 5.69 Å². The first-order valence-corrected chi connectivity index (χ1v) is 11.1. The molecule has 6 nitrogen and oxygen atoms in total. The molecule has 0 aromatic heterocycles. The molecule has 0 N–H and O–H groups in total. The number of amides is 1. The van der Waals surface area contributed by atoms with Crippen molar-refractivity contribution in [2.45, 2.75) is 45.8 Å². The van der Waals surface area contributed by atoms with Crippen LogP contribution in [-0.4, -0.2) is 24.6 Å². The van der Waals surface area contributed by atoms with Crippen molar-refractivity contribution in [3.05, 3.63) is 65.4 Å². The summed E-state index contributed by atoms with van der Waals surface area (Å²) >= 11 is 0. The minimum atomic E-state index is -0.439.